The van der Waals surface area contributed by atoms with Crippen molar-refractivity contribution in [1.82, 2.24) is 24.9 Å². The van der Waals surface area contributed by atoms with E-state index in [1.165, 1.54) is 0 Å². The van der Waals surface area contributed by atoms with Crippen LogP contribution in [0.2, 0.25) is 0 Å². The summed E-state index contributed by atoms with van der Waals surface area (Å²) in [5, 5.41) is 12.8. The molecule has 1 aliphatic heterocycles. The summed E-state index contributed by atoms with van der Waals surface area (Å²) < 4.78 is 7.68. The summed E-state index contributed by atoms with van der Waals surface area (Å²) in [5.41, 5.74) is 13.2. The van der Waals surface area contributed by atoms with Gasteiger partial charge in [0.15, 0.2) is 11.2 Å². The Morgan fingerprint density at radius 2 is 2.24 bits per heavy atom. The summed E-state index contributed by atoms with van der Waals surface area (Å²) >= 11 is 1.72. The van der Waals surface area contributed by atoms with Crippen LogP contribution in [0.4, 0.5) is 0 Å². The van der Waals surface area contributed by atoms with E-state index in [0.717, 1.165) is 49.6 Å². The number of aromatic nitrogens is 4. The van der Waals surface area contributed by atoms with Crippen molar-refractivity contribution in [2.24, 2.45) is 22.4 Å². The molecule has 0 radical (unpaired) electrons. The first-order valence-electron chi connectivity index (χ1n) is 10.0. The minimum absolute atomic E-state index is 0.00525. The lowest BCUT2D eigenvalue weighted by Gasteiger charge is -2.32. The van der Waals surface area contributed by atoms with Crippen LogP contribution < -0.4 is 22.2 Å². The zero-order chi connectivity index (χ0) is 20.4. The zero-order valence-corrected chi connectivity index (χ0v) is 17.6. The fraction of sp³-hybridized carbons (Fsp3) is 0.579. The van der Waals surface area contributed by atoms with Crippen molar-refractivity contribution in [3.8, 4) is 0 Å². The van der Waals surface area contributed by atoms with Gasteiger partial charge >= 0.3 is 0 Å². The fourth-order valence-corrected chi connectivity index (χ4v) is 4.26. The van der Waals surface area contributed by atoms with Gasteiger partial charge in [-0.1, -0.05) is 18.7 Å². The van der Waals surface area contributed by atoms with Gasteiger partial charge in [0.2, 0.25) is 0 Å². The topological polar surface area (TPSA) is 120 Å². The van der Waals surface area contributed by atoms with E-state index in [-0.39, 0.29) is 11.9 Å². The molecule has 2 fully saturated rings. The van der Waals surface area contributed by atoms with Gasteiger partial charge in [-0.25, -0.2) is 14.7 Å². The number of hydrogen-bond donors (Lipinski definition) is 2. The molecule has 0 aromatic carbocycles. The van der Waals surface area contributed by atoms with Gasteiger partial charge in [-0.3, -0.25) is 4.90 Å². The van der Waals surface area contributed by atoms with Gasteiger partial charge in [0, 0.05) is 24.4 Å². The molecule has 10 heteroatoms. The van der Waals surface area contributed by atoms with Gasteiger partial charge < -0.3 is 16.2 Å². The van der Waals surface area contributed by atoms with Crippen molar-refractivity contribution >= 4 is 29.6 Å². The molecule has 4 N–H and O–H groups in total. The molecular weight excluding hydrogens is 388 g/mol. The average Bonchev–Trinajstić information content (AvgIpc) is 3.37. The van der Waals surface area contributed by atoms with E-state index in [9.17, 15) is 0 Å². The van der Waals surface area contributed by atoms with Gasteiger partial charge in [0.1, 0.15) is 10.8 Å². The number of ether oxygens (including phenoxy) is 1. The molecule has 0 bridgehead atoms. The van der Waals surface area contributed by atoms with Crippen LogP contribution in [0.1, 0.15) is 30.5 Å². The van der Waals surface area contributed by atoms with Gasteiger partial charge in [-0.15, -0.1) is 16.4 Å². The highest BCUT2D eigenvalue weighted by Gasteiger charge is 2.26. The summed E-state index contributed by atoms with van der Waals surface area (Å²) in [4.78, 5) is 11.3. The molecular formula is C19H28N8OS. The van der Waals surface area contributed by atoms with Crippen molar-refractivity contribution < 1.29 is 4.74 Å². The summed E-state index contributed by atoms with van der Waals surface area (Å²) in [7, 11) is 0. The number of amidine groups is 1. The first-order chi connectivity index (χ1) is 14.0. The molecule has 1 saturated heterocycles. The van der Waals surface area contributed by atoms with E-state index in [2.05, 4.69) is 44.1 Å². The summed E-state index contributed by atoms with van der Waals surface area (Å²) in [6.45, 7) is 10.0. The van der Waals surface area contributed by atoms with E-state index in [1.54, 1.807) is 16.0 Å². The van der Waals surface area contributed by atoms with E-state index >= 15 is 0 Å². The van der Waals surface area contributed by atoms with Gasteiger partial charge in [-0.2, -0.15) is 0 Å². The van der Waals surface area contributed by atoms with Gasteiger partial charge in [-0.05, 0) is 19.3 Å². The van der Waals surface area contributed by atoms with Crippen LogP contribution in [0.5, 0.6) is 0 Å². The minimum Gasteiger partial charge on any atom is -0.387 e. The third-order valence-corrected chi connectivity index (χ3v) is 6.13. The number of aliphatic imine (C=N–C) groups is 1. The van der Waals surface area contributed by atoms with E-state index in [1.807, 2.05) is 0 Å². The van der Waals surface area contributed by atoms with Crippen molar-refractivity contribution in [2.45, 2.75) is 45.4 Å². The second kappa shape index (κ2) is 8.60. The normalized spacial score (nSPS) is 22.1. The molecule has 1 saturated carbocycles. The predicted molar refractivity (Wildman–Crippen MR) is 113 cm³/mol. The molecule has 1 aliphatic carbocycles. The van der Waals surface area contributed by atoms with Crippen molar-refractivity contribution in [1.29, 1.82) is 0 Å². The van der Waals surface area contributed by atoms with Crippen molar-refractivity contribution in [2.75, 3.05) is 19.7 Å². The Morgan fingerprint density at radius 3 is 2.97 bits per heavy atom. The molecule has 1 unspecified atom stereocenters. The number of hydrogen-bond acceptors (Lipinski definition) is 8. The Morgan fingerprint density at radius 1 is 1.41 bits per heavy atom. The molecule has 4 rings (SSSR count). The van der Waals surface area contributed by atoms with Crippen LogP contribution in [0.3, 0.4) is 0 Å². The maximum Gasteiger partial charge on any atom is 0.155 e. The largest absolute Gasteiger partial charge is 0.387 e. The number of aryl methyl sites for hydroxylation is 1. The quantitative estimate of drug-likeness (QED) is 0.457. The van der Waals surface area contributed by atoms with Crippen LogP contribution in [-0.4, -0.2) is 56.5 Å². The maximum absolute atomic E-state index is 6.08. The predicted octanol–water partition coefficient (Wildman–Crippen LogP) is -0.600. The highest BCUT2D eigenvalue weighted by atomic mass is 32.1. The third kappa shape index (κ3) is 4.82. The standard InChI is InChI=1S/C19H28N8OS/c1-3-14-11-29-16(22-14)10-26-6-7-28-15(8-26)9-27-12(2)17(24-25-27)19(21)23-18(20)13-4-5-13/h11,13,15H,2-10,21H2,1H3,(H2,20,23)/b19-17+. The van der Waals surface area contributed by atoms with Crippen molar-refractivity contribution in [3.05, 3.63) is 26.8 Å². The molecule has 1 atom stereocenters. The van der Waals surface area contributed by atoms with Gasteiger partial charge in [0.25, 0.3) is 0 Å². The molecule has 2 aromatic heterocycles. The Bertz CT molecular complexity index is 992. The first kappa shape index (κ1) is 20.0. The monoisotopic (exact) mass is 416 g/mol. The maximum atomic E-state index is 6.08. The average molecular weight is 417 g/mol. The summed E-state index contributed by atoms with van der Waals surface area (Å²) in [6.07, 6.45) is 3.12. The molecule has 156 valence electrons. The van der Waals surface area contributed by atoms with E-state index in [0.29, 0.717) is 35.6 Å². The molecule has 9 nitrogen and oxygen atoms in total. The second-order valence-electron chi connectivity index (χ2n) is 7.58. The Balaban J connectivity index is 1.42. The molecule has 0 amide bonds. The Kier molecular flexibility index (Phi) is 5.93. The van der Waals surface area contributed by atoms with Gasteiger partial charge in [0.05, 0.1) is 36.8 Å². The Labute approximate surface area is 173 Å². The highest BCUT2D eigenvalue weighted by Crippen LogP contribution is 2.28. The molecule has 2 aromatic rings. The fourth-order valence-electron chi connectivity index (χ4n) is 3.34. The highest BCUT2D eigenvalue weighted by molar-refractivity contribution is 7.09. The number of morpholine rings is 1. The van der Waals surface area contributed by atoms with Crippen LogP contribution in [0, 0.1) is 5.92 Å². The zero-order valence-electron chi connectivity index (χ0n) is 16.8. The lowest BCUT2D eigenvalue weighted by atomic mass is 10.2. The summed E-state index contributed by atoms with van der Waals surface area (Å²) in [6, 6.07) is 0. The molecule has 3 heterocycles. The third-order valence-electron chi connectivity index (χ3n) is 5.25. The Hall–Kier alpha value is -2.30. The van der Waals surface area contributed by atoms with Crippen LogP contribution in [0.25, 0.3) is 12.4 Å². The molecule has 29 heavy (non-hydrogen) atoms. The summed E-state index contributed by atoms with van der Waals surface area (Å²) in [5.74, 6) is 1.19. The van der Waals surface area contributed by atoms with E-state index < -0.39 is 0 Å². The SMILES string of the molecule is C=c1/c(=C(N)\N=C(/N)C2CC2)nnn1CC1CN(Cc2nc(CC)cs2)CCO1. The van der Waals surface area contributed by atoms with Crippen LogP contribution >= 0.6 is 11.3 Å². The van der Waals surface area contributed by atoms with Crippen LogP contribution in [0.15, 0.2) is 10.4 Å². The molecule has 2 aliphatic rings. The number of thiazole rings is 1. The number of rotatable bonds is 7. The molecule has 0 spiro atoms. The lowest BCUT2D eigenvalue weighted by Crippen LogP contribution is -2.45. The lowest BCUT2D eigenvalue weighted by molar-refractivity contribution is -0.0407. The van der Waals surface area contributed by atoms with E-state index in [4.69, 9.17) is 16.2 Å². The second-order valence-corrected chi connectivity index (χ2v) is 8.52. The number of nitrogens with two attached hydrogens (primary N) is 2. The van der Waals surface area contributed by atoms with Crippen LogP contribution in [-0.2, 0) is 24.2 Å². The first-order valence-corrected chi connectivity index (χ1v) is 10.9. The number of nitrogens with zero attached hydrogens (tertiary/aromatic N) is 6. The minimum atomic E-state index is 0.00525. The smallest absolute Gasteiger partial charge is 0.155 e. The van der Waals surface area contributed by atoms with Crippen molar-refractivity contribution in [3.63, 3.8) is 0 Å².